The van der Waals surface area contributed by atoms with Crippen molar-refractivity contribution in [3.8, 4) is 0 Å². The Morgan fingerprint density at radius 3 is 2.78 bits per heavy atom. The number of nitrogens with two attached hydrogens (primary N) is 1. The third kappa shape index (κ3) is 2.86. The van der Waals surface area contributed by atoms with E-state index in [-0.39, 0.29) is 6.04 Å². The third-order valence-corrected chi connectivity index (χ3v) is 3.85. The zero-order valence-corrected chi connectivity index (χ0v) is 11.6. The standard InChI is InChI=1S/C13H15Cl2N3/c1-18-9(7-8-17-18)5-6-12(16)10-3-2-4-11(14)13(10)15/h2-4,7-8,12H,5-6,16H2,1H3. The molecule has 1 unspecified atom stereocenters. The summed E-state index contributed by atoms with van der Waals surface area (Å²) < 4.78 is 1.85. The van der Waals surface area contributed by atoms with Gasteiger partial charge in [0.2, 0.25) is 0 Å². The van der Waals surface area contributed by atoms with E-state index in [0.29, 0.717) is 10.0 Å². The van der Waals surface area contributed by atoms with E-state index < -0.39 is 0 Å². The number of benzene rings is 1. The van der Waals surface area contributed by atoms with Crippen LogP contribution in [0.5, 0.6) is 0 Å². The van der Waals surface area contributed by atoms with Gasteiger partial charge in [0.25, 0.3) is 0 Å². The summed E-state index contributed by atoms with van der Waals surface area (Å²) in [6.07, 6.45) is 3.45. The smallest absolute Gasteiger partial charge is 0.0640 e. The van der Waals surface area contributed by atoms with Crippen LogP contribution in [0.25, 0.3) is 0 Å². The third-order valence-electron chi connectivity index (χ3n) is 3.01. The Hall–Kier alpha value is -1.03. The summed E-state index contributed by atoms with van der Waals surface area (Å²) in [7, 11) is 1.92. The number of hydrogen-bond donors (Lipinski definition) is 1. The lowest BCUT2D eigenvalue weighted by Gasteiger charge is -2.14. The molecule has 1 aromatic carbocycles. The van der Waals surface area contributed by atoms with Gasteiger partial charge in [-0.3, -0.25) is 4.68 Å². The Morgan fingerprint density at radius 1 is 1.33 bits per heavy atom. The molecule has 3 nitrogen and oxygen atoms in total. The van der Waals surface area contributed by atoms with Crippen LogP contribution in [0.4, 0.5) is 0 Å². The maximum atomic E-state index is 6.16. The molecule has 18 heavy (non-hydrogen) atoms. The summed E-state index contributed by atoms with van der Waals surface area (Å²) in [6, 6.07) is 7.43. The minimum absolute atomic E-state index is 0.119. The molecule has 0 radical (unpaired) electrons. The van der Waals surface area contributed by atoms with Crippen molar-refractivity contribution in [1.29, 1.82) is 0 Å². The highest BCUT2D eigenvalue weighted by atomic mass is 35.5. The summed E-state index contributed by atoms with van der Waals surface area (Å²) in [5.41, 5.74) is 8.21. The lowest BCUT2D eigenvalue weighted by atomic mass is 10.0. The van der Waals surface area contributed by atoms with Crippen LogP contribution >= 0.6 is 23.2 Å². The van der Waals surface area contributed by atoms with Gasteiger partial charge in [0.15, 0.2) is 0 Å². The van der Waals surface area contributed by atoms with Crippen molar-refractivity contribution in [3.63, 3.8) is 0 Å². The molecular weight excluding hydrogens is 269 g/mol. The molecule has 5 heteroatoms. The van der Waals surface area contributed by atoms with E-state index in [2.05, 4.69) is 5.10 Å². The van der Waals surface area contributed by atoms with Crippen LogP contribution in [-0.4, -0.2) is 9.78 Å². The second-order valence-electron chi connectivity index (χ2n) is 4.23. The van der Waals surface area contributed by atoms with Gasteiger partial charge < -0.3 is 5.73 Å². The number of halogens is 2. The van der Waals surface area contributed by atoms with Crippen molar-refractivity contribution in [1.82, 2.24) is 9.78 Å². The molecule has 2 rings (SSSR count). The van der Waals surface area contributed by atoms with E-state index >= 15 is 0 Å². The van der Waals surface area contributed by atoms with E-state index in [1.54, 1.807) is 12.3 Å². The predicted molar refractivity (Wildman–Crippen MR) is 74.9 cm³/mol. The Bertz CT molecular complexity index is 537. The van der Waals surface area contributed by atoms with E-state index in [1.165, 1.54) is 0 Å². The summed E-state index contributed by atoms with van der Waals surface area (Å²) in [5, 5.41) is 5.23. The fourth-order valence-corrected chi connectivity index (χ4v) is 2.36. The molecular formula is C13H15Cl2N3. The molecule has 0 aliphatic carbocycles. The van der Waals surface area contributed by atoms with Crippen molar-refractivity contribution in [2.75, 3.05) is 0 Å². The molecule has 0 saturated carbocycles. The maximum Gasteiger partial charge on any atom is 0.0640 e. The van der Waals surface area contributed by atoms with Gasteiger partial charge in [-0.05, 0) is 30.5 Å². The van der Waals surface area contributed by atoms with Crippen LogP contribution in [0.3, 0.4) is 0 Å². The van der Waals surface area contributed by atoms with Crippen LogP contribution in [0, 0.1) is 0 Å². The second kappa shape index (κ2) is 5.74. The van der Waals surface area contributed by atoms with Gasteiger partial charge in [0.05, 0.1) is 10.0 Å². The number of aromatic nitrogens is 2. The largest absolute Gasteiger partial charge is 0.324 e. The minimum Gasteiger partial charge on any atom is -0.324 e. The molecule has 1 aromatic heterocycles. The molecule has 0 fully saturated rings. The van der Waals surface area contributed by atoms with Gasteiger partial charge in [-0.1, -0.05) is 35.3 Å². The predicted octanol–water partition coefficient (Wildman–Crippen LogP) is 3.36. The fraction of sp³-hybridized carbons (Fsp3) is 0.308. The fourth-order valence-electron chi connectivity index (χ4n) is 1.91. The second-order valence-corrected chi connectivity index (χ2v) is 5.02. The van der Waals surface area contributed by atoms with E-state index in [0.717, 1.165) is 24.1 Å². The molecule has 0 saturated heterocycles. The first kappa shape index (κ1) is 13.4. The Labute approximate surface area is 117 Å². The number of aryl methyl sites for hydroxylation is 2. The van der Waals surface area contributed by atoms with Gasteiger partial charge in [-0.15, -0.1) is 0 Å². The Balaban J connectivity index is 2.06. The summed E-state index contributed by atoms with van der Waals surface area (Å²) >= 11 is 12.1. The highest BCUT2D eigenvalue weighted by Crippen LogP contribution is 2.30. The van der Waals surface area contributed by atoms with Gasteiger partial charge in [0, 0.05) is 25.0 Å². The van der Waals surface area contributed by atoms with Crippen LogP contribution in [-0.2, 0) is 13.5 Å². The van der Waals surface area contributed by atoms with Crippen LogP contribution in [0.15, 0.2) is 30.5 Å². The molecule has 0 bridgehead atoms. The van der Waals surface area contributed by atoms with E-state index in [1.807, 2.05) is 29.9 Å². The van der Waals surface area contributed by atoms with Crippen molar-refractivity contribution >= 4 is 23.2 Å². The number of hydrogen-bond acceptors (Lipinski definition) is 2. The molecule has 96 valence electrons. The van der Waals surface area contributed by atoms with Gasteiger partial charge in [-0.2, -0.15) is 5.10 Å². The van der Waals surface area contributed by atoms with Crippen LogP contribution < -0.4 is 5.73 Å². The molecule has 0 amide bonds. The SMILES string of the molecule is Cn1nccc1CCC(N)c1cccc(Cl)c1Cl. The first-order chi connectivity index (χ1) is 8.59. The first-order valence-electron chi connectivity index (χ1n) is 5.76. The zero-order valence-electron chi connectivity index (χ0n) is 10.1. The molecule has 0 aliphatic rings. The lowest BCUT2D eigenvalue weighted by molar-refractivity contribution is 0.614. The van der Waals surface area contributed by atoms with Crippen LogP contribution in [0.1, 0.15) is 23.7 Å². The topological polar surface area (TPSA) is 43.8 Å². The molecule has 1 heterocycles. The number of nitrogens with zero attached hydrogens (tertiary/aromatic N) is 2. The average molecular weight is 284 g/mol. The van der Waals surface area contributed by atoms with Crippen molar-refractivity contribution < 1.29 is 0 Å². The van der Waals surface area contributed by atoms with Gasteiger partial charge in [-0.25, -0.2) is 0 Å². The highest BCUT2D eigenvalue weighted by molar-refractivity contribution is 6.42. The van der Waals surface area contributed by atoms with Gasteiger partial charge in [0.1, 0.15) is 0 Å². The lowest BCUT2D eigenvalue weighted by Crippen LogP contribution is -2.13. The van der Waals surface area contributed by atoms with Crippen LogP contribution in [0.2, 0.25) is 10.0 Å². The normalized spacial score (nSPS) is 12.7. The maximum absolute atomic E-state index is 6.16. The van der Waals surface area contributed by atoms with Crippen molar-refractivity contribution in [2.24, 2.45) is 12.8 Å². The molecule has 1 atom stereocenters. The molecule has 0 spiro atoms. The van der Waals surface area contributed by atoms with Crippen molar-refractivity contribution in [2.45, 2.75) is 18.9 Å². The minimum atomic E-state index is -0.119. The zero-order chi connectivity index (χ0) is 13.1. The Kier molecular flexibility index (Phi) is 4.27. The van der Waals surface area contributed by atoms with Gasteiger partial charge >= 0.3 is 0 Å². The first-order valence-corrected chi connectivity index (χ1v) is 6.51. The molecule has 2 N–H and O–H groups in total. The summed E-state index contributed by atoms with van der Waals surface area (Å²) in [6.45, 7) is 0. The monoisotopic (exact) mass is 283 g/mol. The summed E-state index contributed by atoms with van der Waals surface area (Å²) in [4.78, 5) is 0. The molecule has 2 aromatic rings. The summed E-state index contributed by atoms with van der Waals surface area (Å²) in [5.74, 6) is 0. The van der Waals surface area contributed by atoms with E-state index in [9.17, 15) is 0 Å². The van der Waals surface area contributed by atoms with E-state index in [4.69, 9.17) is 28.9 Å². The number of rotatable bonds is 4. The Morgan fingerprint density at radius 2 is 2.11 bits per heavy atom. The quantitative estimate of drug-likeness (QED) is 0.935. The molecule has 0 aliphatic heterocycles. The van der Waals surface area contributed by atoms with Crippen molar-refractivity contribution in [3.05, 3.63) is 51.8 Å². The average Bonchev–Trinajstić information content (AvgIpc) is 2.75. The highest BCUT2D eigenvalue weighted by Gasteiger charge is 2.13.